The molecule has 0 bridgehead atoms. The number of halogens is 28. The summed E-state index contributed by atoms with van der Waals surface area (Å²) in [5.41, 5.74) is -5.20. The maximum atomic E-state index is 14.9. The monoisotopic (exact) mass is 926 g/mol. The summed E-state index contributed by atoms with van der Waals surface area (Å²) in [5, 5.41) is 0. The first-order chi connectivity index (χ1) is 25.9. The highest BCUT2D eigenvalue weighted by molar-refractivity contribution is 5.62. The Balaban J connectivity index is 3.11. The lowest BCUT2D eigenvalue weighted by Gasteiger charge is -2.39. The Labute approximate surface area is 304 Å². The molecular formula is C27H10F28N2O2. The van der Waals surface area contributed by atoms with Crippen LogP contribution in [0.2, 0.25) is 0 Å². The fourth-order valence-electron chi connectivity index (χ4n) is 4.34. The van der Waals surface area contributed by atoms with E-state index in [0.29, 0.717) is 0 Å². The van der Waals surface area contributed by atoms with E-state index in [-0.39, 0.29) is 12.1 Å². The van der Waals surface area contributed by atoms with Crippen molar-refractivity contribution in [2.45, 2.75) is 65.7 Å². The van der Waals surface area contributed by atoms with Crippen LogP contribution in [0.3, 0.4) is 0 Å². The summed E-state index contributed by atoms with van der Waals surface area (Å²) in [6.07, 6.45) is -30.2. The van der Waals surface area contributed by atoms with Crippen molar-refractivity contribution in [3.8, 4) is 11.5 Å². The van der Waals surface area contributed by atoms with Crippen LogP contribution in [0.15, 0.2) is 60.1 Å². The zero-order valence-electron chi connectivity index (χ0n) is 26.5. The number of hydrogen-bond donors (Lipinski definition) is 2. The van der Waals surface area contributed by atoms with E-state index in [1.165, 1.54) is 0 Å². The van der Waals surface area contributed by atoms with Crippen molar-refractivity contribution >= 4 is 11.4 Å². The zero-order chi connectivity index (χ0) is 46.9. The molecule has 0 amide bonds. The van der Waals surface area contributed by atoms with Gasteiger partial charge >= 0.3 is 72.3 Å². The van der Waals surface area contributed by atoms with Crippen molar-refractivity contribution < 1.29 is 132 Å². The second-order valence-corrected chi connectivity index (χ2v) is 11.1. The summed E-state index contributed by atoms with van der Waals surface area (Å²) >= 11 is 0. The molecule has 0 saturated heterocycles. The first kappa shape index (κ1) is 50.3. The number of nitrogens with two attached hydrogens (primary N) is 2. The van der Waals surface area contributed by atoms with Gasteiger partial charge in [-0.2, -0.15) is 123 Å². The topological polar surface area (TPSA) is 70.5 Å². The van der Waals surface area contributed by atoms with Crippen molar-refractivity contribution in [1.29, 1.82) is 0 Å². The highest BCUT2D eigenvalue weighted by atomic mass is 19.4. The van der Waals surface area contributed by atoms with E-state index < -0.39 is 148 Å². The van der Waals surface area contributed by atoms with Crippen LogP contribution in [0.25, 0.3) is 0 Å². The van der Waals surface area contributed by atoms with Gasteiger partial charge in [0.25, 0.3) is 0 Å². The number of ether oxygens (including phenoxy) is 2. The second kappa shape index (κ2) is 14.7. The molecular weight excluding hydrogens is 916 g/mol. The van der Waals surface area contributed by atoms with E-state index in [0.717, 1.165) is 0 Å². The number of anilines is 2. The zero-order valence-corrected chi connectivity index (χ0v) is 26.5. The van der Waals surface area contributed by atoms with Gasteiger partial charge in [0.05, 0.1) is 0 Å². The molecule has 0 fully saturated rings. The van der Waals surface area contributed by atoms with Gasteiger partial charge in [-0.1, -0.05) is 12.1 Å². The maximum absolute atomic E-state index is 14.9. The molecule has 59 heavy (non-hydrogen) atoms. The molecule has 4 nitrogen and oxygen atoms in total. The molecule has 32 heteroatoms. The molecule has 2 aromatic rings. The molecule has 0 aliphatic heterocycles. The van der Waals surface area contributed by atoms with E-state index >= 15 is 0 Å². The van der Waals surface area contributed by atoms with Gasteiger partial charge in [0.1, 0.15) is 11.5 Å². The van der Waals surface area contributed by atoms with Gasteiger partial charge in [-0.05, 0) is 12.1 Å². The second-order valence-electron chi connectivity index (χ2n) is 11.1. The molecule has 0 saturated carbocycles. The van der Waals surface area contributed by atoms with Crippen LogP contribution in [0.4, 0.5) is 134 Å². The molecule has 0 atom stereocenters. The molecule has 4 N–H and O–H groups in total. The fourth-order valence-corrected chi connectivity index (χ4v) is 4.34. The molecule has 0 spiro atoms. The molecule has 0 unspecified atom stereocenters. The normalized spacial score (nSPS) is 15.8. The summed E-state index contributed by atoms with van der Waals surface area (Å²) in [6.45, 7) is 0. The van der Waals surface area contributed by atoms with Gasteiger partial charge in [0, 0.05) is 34.6 Å². The molecule has 0 heterocycles. The van der Waals surface area contributed by atoms with Gasteiger partial charge in [0.15, 0.2) is 0 Å². The van der Waals surface area contributed by atoms with E-state index in [1.807, 2.05) is 0 Å². The van der Waals surface area contributed by atoms with Crippen molar-refractivity contribution in [3.63, 3.8) is 0 Å². The minimum absolute atomic E-state index is 0.166. The number of nitrogen functional groups attached to an aromatic ring is 2. The largest absolute Gasteiger partial charge is 0.460 e. The Hall–Kier alpha value is -4.84. The number of benzene rings is 2. The van der Waals surface area contributed by atoms with E-state index in [4.69, 9.17) is 11.5 Å². The average molecular weight is 926 g/mol. The Morgan fingerprint density at radius 2 is 0.627 bits per heavy atom. The lowest BCUT2D eigenvalue weighted by atomic mass is 9.72. The van der Waals surface area contributed by atoms with Gasteiger partial charge in [-0.3, -0.25) is 0 Å². The van der Waals surface area contributed by atoms with Crippen LogP contribution in [0.5, 0.6) is 11.5 Å². The molecule has 0 aliphatic rings. The molecule has 0 radical (unpaired) electrons. The Bertz CT molecular complexity index is 1810. The Morgan fingerprint density at radius 3 is 0.847 bits per heavy atom. The third-order valence-corrected chi connectivity index (χ3v) is 7.25. The summed E-state index contributed by atoms with van der Waals surface area (Å²) in [7, 11) is 0. The predicted octanol–water partition coefficient (Wildman–Crippen LogP) is 12.2. The van der Waals surface area contributed by atoms with Crippen LogP contribution >= 0.6 is 0 Å². The fraction of sp³-hybridized carbons (Fsp3) is 0.407. The first-order valence-corrected chi connectivity index (χ1v) is 13.7. The minimum Gasteiger partial charge on any atom is -0.429 e. The first-order valence-electron chi connectivity index (χ1n) is 13.7. The third kappa shape index (κ3) is 7.85. The summed E-state index contributed by atoms with van der Waals surface area (Å²) in [5.74, 6) is -63.4. The highest BCUT2D eigenvalue weighted by Gasteiger charge is 2.85. The summed E-state index contributed by atoms with van der Waals surface area (Å²) in [6, 6.07) is -11.7. The van der Waals surface area contributed by atoms with Crippen molar-refractivity contribution in [1.82, 2.24) is 0 Å². The smallest absolute Gasteiger partial charge is 0.429 e. The van der Waals surface area contributed by atoms with E-state index in [2.05, 4.69) is 9.47 Å². The standard InChI is InChI=1S/C27H10F28N2O2/c28-13(18(32,33)20(36,37)22(40,41)26(50,51)52)15(30)58-11-5-7(56)1-3-9(11)17(24(44,45)46,25(47,48)49)10-4-2-8(57)6-12(10)59-16(31)14(29)19(34,35)21(38,39)23(42,43)27(53,54)55/h1-6H,56-57H2. The highest BCUT2D eigenvalue weighted by Crippen LogP contribution is 2.62. The lowest BCUT2D eigenvalue weighted by molar-refractivity contribution is -0.392. The average Bonchev–Trinajstić information content (AvgIpc) is 3.03. The van der Waals surface area contributed by atoms with Crippen LogP contribution in [0, 0.1) is 0 Å². The minimum atomic E-state index is -8.12. The van der Waals surface area contributed by atoms with Crippen molar-refractivity contribution in [3.05, 3.63) is 71.2 Å². The number of hydrogen-bond acceptors (Lipinski definition) is 4. The molecule has 336 valence electrons. The van der Waals surface area contributed by atoms with Crippen LogP contribution in [-0.4, -0.2) is 60.2 Å². The van der Waals surface area contributed by atoms with Crippen molar-refractivity contribution in [2.24, 2.45) is 0 Å². The van der Waals surface area contributed by atoms with Gasteiger partial charge < -0.3 is 20.9 Å². The van der Waals surface area contributed by atoms with Crippen molar-refractivity contribution in [2.75, 3.05) is 11.5 Å². The van der Waals surface area contributed by atoms with E-state index in [9.17, 15) is 123 Å². The van der Waals surface area contributed by atoms with Crippen LogP contribution in [0.1, 0.15) is 11.1 Å². The number of alkyl halides is 24. The third-order valence-electron chi connectivity index (χ3n) is 7.25. The number of allylic oxidation sites excluding steroid dienone is 2. The SMILES string of the molecule is Nc1ccc(C(c2ccc(N)cc2OC(F)=C(F)C(F)(F)C(F)(F)C(F)(F)C(F)(F)F)(C(F)(F)F)C(F)(F)F)c(OC(F)=C(F)C(F)(F)C(F)(F)C(F)(F)C(F)(F)F)c1. The quantitative estimate of drug-likeness (QED) is 0.126. The molecule has 2 aromatic carbocycles. The molecule has 0 aromatic heterocycles. The molecule has 0 aliphatic carbocycles. The maximum Gasteiger partial charge on any atom is 0.460 e. The van der Waals surface area contributed by atoms with Crippen LogP contribution in [-0.2, 0) is 5.41 Å². The predicted molar refractivity (Wildman–Crippen MR) is 136 cm³/mol. The van der Waals surface area contributed by atoms with Gasteiger partial charge in [0.2, 0.25) is 17.1 Å². The van der Waals surface area contributed by atoms with E-state index in [1.54, 1.807) is 0 Å². The lowest BCUT2D eigenvalue weighted by Crippen LogP contribution is -2.61. The summed E-state index contributed by atoms with van der Waals surface area (Å²) < 4.78 is 392. The Kier molecular flexibility index (Phi) is 12.5. The van der Waals surface area contributed by atoms with Crippen LogP contribution < -0.4 is 20.9 Å². The summed E-state index contributed by atoms with van der Waals surface area (Å²) in [4.78, 5) is 0. The van der Waals surface area contributed by atoms with Gasteiger partial charge in [-0.25, -0.2) is 0 Å². The molecule has 2 rings (SSSR count). The van der Waals surface area contributed by atoms with Gasteiger partial charge in [-0.15, -0.1) is 0 Å². The Morgan fingerprint density at radius 1 is 0.373 bits per heavy atom. The number of rotatable bonds is 12.